The van der Waals surface area contributed by atoms with Gasteiger partial charge in [0.2, 0.25) is 0 Å². The zero-order chi connectivity index (χ0) is 12.0. The van der Waals surface area contributed by atoms with Gasteiger partial charge in [-0.1, -0.05) is 11.6 Å². The van der Waals surface area contributed by atoms with Crippen molar-refractivity contribution in [3.63, 3.8) is 0 Å². The van der Waals surface area contributed by atoms with Gasteiger partial charge in [0.05, 0.1) is 16.4 Å². The highest BCUT2D eigenvalue weighted by Crippen LogP contribution is 2.19. The van der Waals surface area contributed by atoms with E-state index in [0.29, 0.717) is 0 Å². The van der Waals surface area contributed by atoms with Crippen molar-refractivity contribution < 1.29 is 0 Å². The highest BCUT2D eigenvalue weighted by molar-refractivity contribution is 6.31. The first-order chi connectivity index (χ1) is 7.70. The first kappa shape index (κ1) is 13.1. The van der Waals surface area contributed by atoms with E-state index in [1.807, 2.05) is 18.5 Å². The second-order valence-electron chi connectivity index (χ2n) is 3.52. The van der Waals surface area contributed by atoms with Crippen molar-refractivity contribution in [3.8, 4) is 11.8 Å². The Morgan fingerprint density at radius 2 is 2.25 bits per heavy atom. The molecule has 0 atom stereocenters. The highest BCUT2D eigenvalue weighted by Gasteiger charge is 2.11. The summed E-state index contributed by atoms with van der Waals surface area (Å²) in [6.07, 6.45) is 0.868. The van der Waals surface area contributed by atoms with Crippen molar-refractivity contribution in [2.75, 3.05) is 6.54 Å². The third kappa shape index (κ3) is 3.26. The average Bonchev–Trinajstić information content (AvgIpc) is 2.56. The molecule has 1 N–H and O–H groups in total. The molecule has 1 heterocycles. The number of aromatic nitrogens is 2. The molecule has 0 saturated carbocycles. The molecule has 0 unspecified atom stereocenters. The van der Waals surface area contributed by atoms with E-state index < -0.39 is 0 Å². The maximum Gasteiger partial charge on any atom is 0.0860 e. The molecule has 0 fully saturated rings. The summed E-state index contributed by atoms with van der Waals surface area (Å²) in [6.45, 7) is 8.32. The predicted octanol–water partition coefficient (Wildman–Crippen LogP) is 2.37. The second-order valence-corrected chi connectivity index (χ2v) is 3.89. The van der Waals surface area contributed by atoms with Crippen molar-refractivity contribution in [2.24, 2.45) is 0 Å². The van der Waals surface area contributed by atoms with Gasteiger partial charge in [-0.3, -0.25) is 4.68 Å². The van der Waals surface area contributed by atoms with E-state index >= 15 is 0 Å². The predicted molar refractivity (Wildman–Crippen MR) is 67.4 cm³/mol. The Bertz CT molecular complexity index is 398. The topological polar surface area (TPSA) is 29.9 Å². The molecule has 0 amide bonds. The first-order valence-corrected chi connectivity index (χ1v) is 5.90. The molecule has 0 radical (unpaired) electrons. The molecule has 1 rings (SSSR count). The van der Waals surface area contributed by atoms with Gasteiger partial charge in [0.15, 0.2) is 0 Å². The van der Waals surface area contributed by atoms with Gasteiger partial charge in [0.1, 0.15) is 0 Å². The number of aryl methyl sites for hydroxylation is 2. The Labute approximate surface area is 102 Å². The van der Waals surface area contributed by atoms with Crippen LogP contribution in [0.2, 0.25) is 5.02 Å². The van der Waals surface area contributed by atoms with Crippen LogP contribution in [-0.4, -0.2) is 16.3 Å². The third-order valence-corrected chi connectivity index (χ3v) is 2.84. The summed E-state index contributed by atoms with van der Waals surface area (Å²) in [6, 6.07) is 0. The fraction of sp³-hybridized carbons (Fsp3) is 0.583. The van der Waals surface area contributed by atoms with Crippen LogP contribution in [-0.2, 0) is 13.1 Å². The van der Waals surface area contributed by atoms with Crippen LogP contribution in [0.25, 0.3) is 0 Å². The lowest BCUT2D eigenvalue weighted by molar-refractivity contribution is 0.582. The Morgan fingerprint density at radius 3 is 2.88 bits per heavy atom. The third-order valence-electron chi connectivity index (χ3n) is 2.35. The van der Waals surface area contributed by atoms with Crippen LogP contribution >= 0.6 is 11.6 Å². The minimum atomic E-state index is 0.749. The summed E-state index contributed by atoms with van der Waals surface area (Å²) in [5.41, 5.74) is 1.96. The number of hydrogen-bond donors (Lipinski definition) is 1. The minimum absolute atomic E-state index is 0.749. The number of nitrogens with one attached hydrogen (secondary N) is 1. The molecule has 0 saturated heterocycles. The van der Waals surface area contributed by atoms with Crippen molar-refractivity contribution in [2.45, 2.75) is 40.3 Å². The monoisotopic (exact) mass is 239 g/mol. The molecule has 4 heteroatoms. The summed E-state index contributed by atoms with van der Waals surface area (Å²) < 4.78 is 1.94. The largest absolute Gasteiger partial charge is 0.310 e. The smallest absolute Gasteiger partial charge is 0.0860 e. The Morgan fingerprint density at radius 1 is 1.50 bits per heavy atom. The minimum Gasteiger partial charge on any atom is -0.310 e. The number of hydrogen-bond acceptors (Lipinski definition) is 2. The van der Waals surface area contributed by atoms with Crippen LogP contribution in [0, 0.1) is 18.8 Å². The lowest BCUT2D eigenvalue weighted by Gasteiger charge is -2.05. The molecule has 0 bridgehead atoms. The van der Waals surface area contributed by atoms with Crippen molar-refractivity contribution >= 4 is 11.6 Å². The molecule has 0 aromatic carbocycles. The normalized spacial score (nSPS) is 10.0. The molecule has 16 heavy (non-hydrogen) atoms. The van der Waals surface area contributed by atoms with E-state index in [-0.39, 0.29) is 0 Å². The summed E-state index contributed by atoms with van der Waals surface area (Å²) in [5, 5.41) is 8.45. The SMILES string of the molecule is CC#CCCNCc1c(Cl)c(C)nn1CC. The zero-order valence-corrected chi connectivity index (χ0v) is 10.9. The number of nitrogens with zero attached hydrogens (tertiary/aromatic N) is 2. The molecule has 3 nitrogen and oxygen atoms in total. The summed E-state index contributed by atoms with van der Waals surface area (Å²) in [7, 11) is 0. The van der Waals surface area contributed by atoms with Gasteiger partial charge in [0.25, 0.3) is 0 Å². The molecule has 0 aliphatic carbocycles. The quantitative estimate of drug-likeness (QED) is 0.632. The van der Waals surface area contributed by atoms with Crippen LogP contribution in [0.1, 0.15) is 31.7 Å². The Balaban J connectivity index is 2.54. The maximum absolute atomic E-state index is 6.18. The van der Waals surface area contributed by atoms with E-state index in [2.05, 4.69) is 29.2 Å². The molecule has 0 aliphatic rings. The standard InChI is InChI=1S/C12H18ClN3/c1-4-6-7-8-14-9-11-12(13)10(3)15-16(11)5-2/h14H,5,7-9H2,1-3H3. The first-order valence-electron chi connectivity index (χ1n) is 5.52. The highest BCUT2D eigenvalue weighted by atomic mass is 35.5. The molecular formula is C12H18ClN3. The number of rotatable bonds is 5. The lowest BCUT2D eigenvalue weighted by atomic mass is 10.3. The van der Waals surface area contributed by atoms with Crippen LogP contribution in [0.4, 0.5) is 0 Å². The lowest BCUT2D eigenvalue weighted by Crippen LogP contribution is -2.17. The van der Waals surface area contributed by atoms with E-state index in [9.17, 15) is 0 Å². The molecule has 0 aliphatic heterocycles. The van der Waals surface area contributed by atoms with E-state index in [4.69, 9.17) is 11.6 Å². The maximum atomic E-state index is 6.18. The zero-order valence-electron chi connectivity index (χ0n) is 10.1. The van der Waals surface area contributed by atoms with Gasteiger partial charge in [-0.25, -0.2) is 0 Å². The van der Waals surface area contributed by atoms with E-state index in [1.54, 1.807) is 0 Å². The van der Waals surface area contributed by atoms with Crippen molar-refractivity contribution in [1.29, 1.82) is 0 Å². The van der Waals surface area contributed by atoms with Crippen molar-refractivity contribution in [1.82, 2.24) is 15.1 Å². The molecule has 1 aromatic heterocycles. The van der Waals surface area contributed by atoms with Gasteiger partial charge < -0.3 is 5.32 Å². The van der Waals surface area contributed by atoms with Crippen LogP contribution in [0.3, 0.4) is 0 Å². The van der Waals surface area contributed by atoms with Gasteiger partial charge in [-0.2, -0.15) is 5.10 Å². The summed E-state index contributed by atoms with van der Waals surface area (Å²) >= 11 is 6.18. The second kappa shape index (κ2) is 6.57. The van der Waals surface area contributed by atoms with Gasteiger partial charge in [0, 0.05) is 26.1 Å². The fourth-order valence-electron chi connectivity index (χ4n) is 1.52. The van der Waals surface area contributed by atoms with Gasteiger partial charge in [-0.05, 0) is 20.8 Å². The molecule has 1 aromatic rings. The van der Waals surface area contributed by atoms with Crippen LogP contribution < -0.4 is 5.32 Å². The van der Waals surface area contributed by atoms with E-state index in [1.165, 1.54) is 0 Å². The summed E-state index contributed by atoms with van der Waals surface area (Å²) in [4.78, 5) is 0. The fourth-order valence-corrected chi connectivity index (χ4v) is 1.72. The van der Waals surface area contributed by atoms with Gasteiger partial charge in [-0.15, -0.1) is 11.8 Å². The Kier molecular flexibility index (Phi) is 5.37. The average molecular weight is 240 g/mol. The summed E-state index contributed by atoms with van der Waals surface area (Å²) in [5.74, 6) is 5.89. The van der Waals surface area contributed by atoms with Crippen LogP contribution in [0.5, 0.6) is 0 Å². The van der Waals surface area contributed by atoms with Gasteiger partial charge >= 0.3 is 0 Å². The molecule has 88 valence electrons. The number of halogens is 1. The van der Waals surface area contributed by atoms with Crippen LogP contribution in [0.15, 0.2) is 0 Å². The van der Waals surface area contributed by atoms with Crippen molar-refractivity contribution in [3.05, 3.63) is 16.4 Å². The Hall–Kier alpha value is -0.980. The molecule has 0 spiro atoms. The van der Waals surface area contributed by atoms with E-state index in [0.717, 1.165) is 42.5 Å². The molecular weight excluding hydrogens is 222 g/mol.